The molecule has 0 aliphatic rings. The molecule has 0 amide bonds. The van der Waals surface area contributed by atoms with Gasteiger partial charge < -0.3 is 29.9 Å². The summed E-state index contributed by atoms with van der Waals surface area (Å²) in [4.78, 5) is 0. The van der Waals surface area contributed by atoms with E-state index in [2.05, 4.69) is 9.47 Å². The molecule has 100 valence electrons. The highest BCUT2D eigenvalue weighted by Gasteiger charge is 1.99. The molecule has 0 saturated heterocycles. The van der Waals surface area contributed by atoms with Crippen molar-refractivity contribution >= 4 is 0 Å². The quantitative estimate of drug-likeness (QED) is 0.423. The normalized spacial score (nSPS) is 13.9. The second-order valence-corrected chi connectivity index (χ2v) is 3.24. The first-order valence-electron chi connectivity index (χ1n) is 5.18. The van der Waals surface area contributed by atoms with Gasteiger partial charge in [0.1, 0.15) is 0 Å². The summed E-state index contributed by atoms with van der Waals surface area (Å²) in [6.07, 6.45) is -0.225. The van der Waals surface area contributed by atoms with Gasteiger partial charge in [-0.25, -0.2) is 0 Å². The number of methoxy groups -OCH3 is 2. The molecule has 2 atom stereocenters. The predicted molar refractivity (Wildman–Crippen MR) is 59.2 cm³/mol. The smallest absolute Gasteiger partial charge is 0.0795 e. The van der Waals surface area contributed by atoms with Crippen LogP contribution in [0.3, 0.4) is 0 Å². The molecular weight excluding hydrogens is 216 g/mol. The van der Waals surface area contributed by atoms with Crippen molar-refractivity contribution in [2.24, 2.45) is 0 Å². The molecule has 0 spiro atoms. The van der Waals surface area contributed by atoms with Crippen LogP contribution in [0.2, 0.25) is 0 Å². The number of hydrogen-bond acceptors (Lipinski definition) is 6. The Labute approximate surface area is 96.4 Å². The molecule has 4 N–H and O–H groups in total. The summed E-state index contributed by atoms with van der Waals surface area (Å²) in [6, 6.07) is 0. The van der Waals surface area contributed by atoms with Crippen molar-refractivity contribution in [2.75, 3.05) is 40.6 Å². The van der Waals surface area contributed by atoms with Gasteiger partial charge in [0.2, 0.25) is 0 Å². The van der Waals surface area contributed by atoms with Gasteiger partial charge in [-0.05, 0) is 12.8 Å². The number of aliphatic hydroxyl groups is 4. The average Bonchev–Trinajstić information content (AvgIpc) is 2.20. The second-order valence-electron chi connectivity index (χ2n) is 3.24. The molecule has 0 heterocycles. The highest BCUT2D eigenvalue weighted by atomic mass is 16.5. The highest BCUT2D eigenvalue weighted by Crippen LogP contribution is 1.88. The van der Waals surface area contributed by atoms with Crippen molar-refractivity contribution in [1.29, 1.82) is 0 Å². The van der Waals surface area contributed by atoms with E-state index in [0.29, 0.717) is 26.1 Å². The fraction of sp³-hybridized carbons (Fsp3) is 1.00. The lowest BCUT2D eigenvalue weighted by atomic mass is 10.3. The van der Waals surface area contributed by atoms with E-state index in [1.54, 1.807) is 0 Å². The molecule has 6 nitrogen and oxygen atoms in total. The molecule has 0 aromatic carbocycles. The largest absolute Gasteiger partial charge is 0.396 e. The number of aliphatic hydroxyl groups excluding tert-OH is 4. The molecule has 16 heavy (non-hydrogen) atoms. The van der Waals surface area contributed by atoms with Crippen molar-refractivity contribution in [2.45, 2.75) is 25.0 Å². The van der Waals surface area contributed by atoms with Gasteiger partial charge in [-0.15, -0.1) is 0 Å². The van der Waals surface area contributed by atoms with Crippen LogP contribution in [0.15, 0.2) is 0 Å². The minimum absolute atomic E-state index is 0.0184. The Hall–Kier alpha value is -0.240. The summed E-state index contributed by atoms with van der Waals surface area (Å²) < 4.78 is 9.19. The van der Waals surface area contributed by atoms with Crippen LogP contribution in [-0.2, 0) is 9.47 Å². The summed E-state index contributed by atoms with van der Waals surface area (Å²) in [5.74, 6) is 0. The van der Waals surface area contributed by atoms with E-state index >= 15 is 0 Å². The van der Waals surface area contributed by atoms with Crippen LogP contribution in [0.5, 0.6) is 0 Å². The van der Waals surface area contributed by atoms with Crippen molar-refractivity contribution < 1.29 is 29.9 Å². The van der Waals surface area contributed by atoms with E-state index in [9.17, 15) is 0 Å². The maximum absolute atomic E-state index is 8.76. The summed E-state index contributed by atoms with van der Waals surface area (Å²) in [7, 11) is 3.03. The summed E-state index contributed by atoms with van der Waals surface area (Å²) in [6.45, 7) is 0.649. The van der Waals surface area contributed by atoms with Crippen molar-refractivity contribution in [3.8, 4) is 0 Å². The predicted octanol–water partition coefficient (Wildman–Crippen LogP) is -1.25. The molecule has 0 saturated carbocycles. The Balaban J connectivity index is 0. The third-order valence-corrected chi connectivity index (χ3v) is 1.64. The molecule has 0 aliphatic carbocycles. The van der Waals surface area contributed by atoms with Crippen LogP contribution in [0.1, 0.15) is 12.8 Å². The highest BCUT2D eigenvalue weighted by molar-refractivity contribution is 4.50. The van der Waals surface area contributed by atoms with Crippen molar-refractivity contribution in [3.05, 3.63) is 0 Å². The first-order valence-corrected chi connectivity index (χ1v) is 5.18. The zero-order valence-electron chi connectivity index (χ0n) is 10.0. The monoisotopic (exact) mass is 240 g/mol. The minimum atomic E-state index is -0.509. The number of ether oxygens (including phenoxy) is 2. The Morgan fingerprint density at radius 2 is 1.12 bits per heavy atom. The van der Waals surface area contributed by atoms with Gasteiger partial charge in [-0.3, -0.25) is 0 Å². The number of hydrogen-bond donors (Lipinski definition) is 4. The minimum Gasteiger partial charge on any atom is -0.396 e. The third kappa shape index (κ3) is 16.2. The van der Waals surface area contributed by atoms with Crippen LogP contribution in [0.25, 0.3) is 0 Å². The molecular formula is C10H24O6. The lowest BCUT2D eigenvalue weighted by molar-refractivity contribution is 0.0475. The average molecular weight is 240 g/mol. The fourth-order valence-electron chi connectivity index (χ4n) is 0.849. The summed E-state index contributed by atoms with van der Waals surface area (Å²) in [5, 5.41) is 34.0. The third-order valence-electron chi connectivity index (χ3n) is 1.64. The van der Waals surface area contributed by atoms with E-state index in [4.69, 9.17) is 20.4 Å². The first kappa shape index (κ1) is 18.1. The molecule has 2 unspecified atom stereocenters. The van der Waals surface area contributed by atoms with Gasteiger partial charge in [-0.1, -0.05) is 0 Å². The topological polar surface area (TPSA) is 99.4 Å². The lowest BCUT2D eigenvalue weighted by Gasteiger charge is -2.04. The van der Waals surface area contributed by atoms with Gasteiger partial charge in [0, 0.05) is 27.4 Å². The Kier molecular flexibility index (Phi) is 16.7. The van der Waals surface area contributed by atoms with E-state index in [1.807, 2.05) is 0 Å². The standard InChI is InChI=1S/2C5H12O3/c2*1-8-4-5(7)2-3-6/h2*5-7H,2-4H2,1H3. The lowest BCUT2D eigenvalue weighted by Crippen LogP contribution is -2.14. The zero-order chi connectivity index (χ0) is 12.8. The van der Waals surface area contributed by atoms with Gasteiger partial charge >= 0.3 is 0 Å². The molecule has 0 rings (SSSR count). The van der Waals surface area contributed by atoms with Crippen LogP contribution >= 0.6 is 0 Å². The fourth-order valence-corrected chi connectivity index (χ4v) is 0.849. The Morgan fingerprint density at radius 1 is 0.812 bits per heavy atom. The SMILES string of the molecule is COCC(O)CCO.COCC(O)CCO. The molecule has 0 bridgehead atoms. The van der Waals surface area contributed by atoms with Gasteiger partial charge in [-0.2, -0.15) is 0 Å². The van der Waals surface area contributed by atoms with E-state index in [-0.39, 0.29) is 13.2 Å². The van der Waals surface area contributed by atoms with Crippen LogP contribution in [-0.4, -0.2) is 73.3 Å². The van der Waals surface area contributed by atoms with Gasteiger partial charge in [0.15, 0.2) is 0 Å². The van der Waals surface area contributed by atoms with Crippen molar-refractivity contribution in [3.63, 3.8) is 0 Å². The molecule has 0 aromatic rings. The van der Waals surface area contributed by atoms with Crippen LogP contribution in [0, 0.1) is 0 Å². The van der Waals surface area contributed by atoms with E-state index < -0.39 is 12.2 Å². The Bertz CT molecular complexity index is 95.9. The summed E-state index contributed by atoms with van der Waals surface area (Å²) in [5.41, 5.74) is 0. The van der Waals surface area contributed by atoms with Crippen LogP contribution < -0.4 is 0 Å². The number of rotatable bonds is 8. The second kappa shape index (κ2) is 14.8. The van der Waals surface area contributed by atoms with E-state index in [0.717, 1.165) is 0 Å². The van der Waals surface area contributed by atoms with E-state index in [1.165, 1.54) is 14.2 Å². The molecule has 0 radical (unpaired) electrons. The van der Waals surface area contributed by atoms with Gasteiger partial charge in [0.05, 0.1) is 25.4 Å². The van der Waals surface area contributed by atoms with Crippen LogP contribution in [0.4, 0.5) is 0 Å². The van der Waals surface area contributed by atoms with Crippen molar-refractivity contribution in [1.82, 2.24) is 0 Å². The zero-order valence-corrected chi connectivity index (χ0v) is 10.0. The maximum atomic E-state index is 8.76. The summed E-state index contributed by atoms with van der Waals surface area (Å²) >= 11 is 0. The maximum Gasteiger partial charge on any atom is 0.0795 e. The molecule has 0 aliphatic heterocycles. The molecule has 0 fully saturated rings. The Morgan fingerprint density at radius 3 is 1.31 bits per heavy atom. The molecule has 6 heteroatoms. The molecule has 0 aromatic heterocycles. The van der Waals surface area contributed by atoms with Gasteiger partial charge in [0.25, 0.3) is 0 Å². The first-order chi connectivity index (χ1) is 7.62.